The van der Waals surface area contributed by atoms with Crippen LogP contribution in [0.15, 0.2) is 48.5 Å². The van der Waals surface area contributed by atoms with E-state index in [1.54, 1.807) is 24.3 Å². The van der Waals surface area contributed by atoms with Crippen molar-refractivity contribution in [2.75, 3.05) is 18.9 Å². The predicted molar refractivity (Wildman–Crippen MR) is 136 cm³/mol. The number of alkyl halides is 2. The van der Waals surface area contributed by atoms with Crippen LogP contribution in [0.2, 0.25) is 5.02 Å². The highest BCUT2D eigenvalue weighted by Gasteiger charge is 2.52. The summed E-state index contributed by atoms with van der Waals surface area (Å²) >= 11 is 5.94. The Hall–Kier alpha value is -3.61. The van der Waals surface area contributed by atoms with Crippen LogP contribution in [0, 0.1) is 0 Å². The molecule has 2 aromatic carbocycles. The minimum absolute atomic E-state index is 0.0910. The van der Waals surface area contributed by atoms with Gasteiger partial charge >= 0.3 is 0 Å². The zero-order valence-electron chi connectivity index (χ0n) is 20.9. The number of Topliss-reactive ketones (excluding diaryl/α,β-unsaturated/α-hetero) is 1. The third-order valence-corrected chi connectivity index (χ3v) is 6.73. The molecule has 4 N–H and O–H groups in total. The SMILES string of the molecule is CC(NC(=O)c1ccc(N)c(Cl)c1)C(=O)N1CC(F)(F)CC1C(=O)NC1C(=O)COC1OCc1ccccc1. The first kappa shape index (κ1) is 28.4. The van der Waals surface area contributed by atoms with E-state index < -0.39 is 66.8 Å². The van der Waals surface area contributed by atoms with E-state index in [4.69, 9.17) is 26.8 Å². The van der Waals surface area contributed by atoms with E-state index >= 15 is 0 Å². The van der Waals surface area contributed by atoms with Crippen molar-refractivity contribution >= 4 is 40.8 Å². The van der Waals surface area contributed by atoms with Gasteiger partial charge in [-0.3, -0.25) is 19.2 Å². The van der Waals surface area contributed by atoms with E-state index in [1.165, 1.54) is 25.1 Å². The lowest BCUT2D eigenvalue weighted by molar-refractivity contribution is -0.145. The summed E-state index contributed by atoms with van der Waals surface area (Å²) in [6, 6.07) is 9.08. The van der Waals surface area contributed by atoms with Crippen LogP contribution in [0.4, 0.5) is 14.5 Å². The molecular weight excluding hydrogens is 538 g/mol. The number of ether oxygens (including phenoxy) is 2. The van der Waals surface area contributed by atoms with Crippen LogP contribution < -0.4 is 16.4 Å². The topological polar surface area (TPSA) is 140 Å². The fraction of sp³-hybridized carbons (Fsp3) is 0.385. The predicted octanol–water partition coefficient (Wildman–Crippen LogP) is 1.90. The van der Waals surface area contributed by atoms with Crippen molar-refractivity contribution in [1.82, 2.24) is 15.5 Å². The van der Waals surface area contributed by atoms with Crippen LogP contribution in [-0.2, 0) is 30.5 Å². The third-order valence-electron chi connectivity index (χ3n) is 6.40. The van der Waals surface area contributed by atoms with Crippen molar-refractivity contribution in [3.63, 3.8) is 0 Å². The molecule has 0 bridgehead atoms. The highest BCUT2D eigenvalue weighted by atomic mass is 35.5. The van der Waals surface area contributed by atoms with Gasteiger partial charge in [-0.2, -0.15) is 0 Å². The fourth-order valence-corrected chi connectivity index (χ4v) is 4.52. The lowest BCUT2D eigenvalue weighted by atomic mass is 10.1. The summed E-state index contributed by atoms with van der Waals surface area (Å²) in [6.07, 6.45) is -2.08. The molecule has 4 rings (SSSR count). The van der Waals surface area contributed by atoms with Crippen LogP contribution >= 0.6 is 11.6 Å². The van der Waals surface area contributed by atoms with Gasteiger partial charge in [0, 0.05) is 12.0 Å². The maximum Gasteiger partial charge on any atom is 0.267 e. The van der Waals surface area contributed by atoms with Gasteiger partial charge in [-0.1, -0.05) is 41.9 Å². The summed E-state index contributed by atoms with van der Waals surface area (Å²) in [7, 11) is 0. The Balaban J connectivity index is 1.41. The third kappa shape index (κ3) is 6.70. The Labute approximate surface area is 227 Å². The number of ketones is 1. The monoisotopic (exact) mass is 564 g/mol. The first-order chi connectivity index (χ1) is 18.4. The number of benzene rings is 2. The molecule has 13 heteroatoms. The van der Waals surface area contributed by atoms with Gasteiger partial charge < -0.3 is 30.7 Å². The molecule has 2 saturated heterocycles. The summed E-state index contributed by atoms with van der Waals surface area (Å²) in [5.74, 6) is -6.39. The van der Waals surface area contributed by atoms with Gasteiger partial charge in [0.1, 0.15) is 24.7 Å². The molecule has 0 radical (unpaired) electrons. The minimum atomic E-state index is -3.36. The number of nitrogens with one attached hydrogen (secondary N) is 2. The molecule has 4 atom stereocenters. The first-order valence-electron chi connectivity index (χ1n) is 12.1. The number of halogens is 3. The van der Waals surface area contributed by atoms with Crippen molar-refractivity contribution in [3.05, 3.63) is 64.7 Å². The van der Waals surface area contributed by atoms with Gasteiger partial charge in [0.15, 0.2) is 12.1 Å². The Morgan fingerprint density at radius 2 is 1.95 bits per heavy atom. The van der Waals surface area contributed by atoms with Crippen molar-refractivity contribution < 1.29 is 37.4 Å². The number of nitrogens with two attached hydrogens (primary N) is 1. The zero-order valence-corrected chi connectivity index (χ0v) is 21.6. The zero-order chi connectivity index (χ0) is 28.3. The lowest BCUT2D eigenvalue weighted by Gasteiger charge is -2.28. The molecule has 10 nitrogen and oxygen atoms in total. The number of hydrogen-bond acceptors (Lipinski definition) is 7. The molecule has 208 valence electrons. The fourth-order valence-electron chi connectivity index (χ4n) is 4.34. The average Bonchev–Trinajstić information content (AvgIpc) is 3.42. The molecular formula is C26H27ClF2N4O6. The Morgan fingerprint density at radius 1 is 1.23 bits per heavy atom. The quantitative estimate of drug-likeness (QED) is 0.416. The van der Waals surface area contributed by atoms with E-state index in [0.717, 1.165) is 5.56 Å². The summed E-state index contributed by atoms with van der Waals surface area (Å²) in [4.78, 5) is 51.8. The van der Waals surface area contributed by atoms with Crippen molar-refractivity contribution in [2.45, 2.75) is 50.3 Å². The summed E-state index contributed by atoms with van der Waals surface area (Å²) < 4.78 is 39.8. The molecule has 0 aliphatic carbocycles. The number of anilines is 1. The van der Waals surface area contributed by atoms with Crippen LogP contribution in [0.1, 0.15) is 29.3 Å². The molecule has 2 aromatic rings. The molecule has 2 aliphatic rings. The van der Waals surface area contributed by atoms with Gasteiger partial charge in [-0.25, -0.2) is 8.78 Å². The highest BCUT2D eigenvalue weighted by Crippen LogP contribution is 2.33. The molecule has 0 saturated carbocycles. The van der Waals surface area contributed by atoms with Crippen LogP contribution in [0.3, 0.4) is 0 Å². The van der Waals surface area contributed by atoms with Crippen molar-refractivity contribution in [3.8, 4) is 0 Å². The number of amides is 3. The first-order valence-corrected chi connectivity index (χ1v) is 12.5. The Kier molecular flexibility index (Phi) is 8.48. The molecule has 2 heterocycles. The number of hydrogen-bond donors (Lipinski definition) is 3. The summed E-state index contributed by atoms with van der Waals surface area (Å²) in [6.45, 7) is 0.0486. The number of nitrogen functional groups attached to an aromatic ring is 1. The van der Waals surface area contributed by atoms with Gasteiger partial charge in [-0.15, -0.1) is 0 Å². The van der Waals surface area contributed by atoms with E-state index in [1.807, 2.05) is 6.07 Å². The van der Waals surface area contributed by atoms with E-state index in [2.05, 4.69) is 10.6 Å². The average molecular weight is 565 g/mol. The molecule has 4 unspecified atom stereocenters. The molecule has 3 amide bonds. The van der Waals surface area contributed by atoms with E-state index in [9.17, 15) is 28.0 Å². The maximum atomic E-state index is 14.4. The summed E-state index contributed by atoms with van der Waals surface area (Å²) in [5, 5.41) is 4.98. The Bertz CT molecular complexity index is 1260. The number of carbonyl (C=O) groups is 4. The Morgan fingerprint density at radius 3 is 2.64 bits per heavy atom. The molecule has 2 fully saturated rings. The molecule has 2 aliphatic heterocycles. The van der Waals surface area contributed by atoms with E-state index in [-0.39, 0.29) is 29.5 Å². The van der Waals surface area contributed by atoms with Gasteiger partial charge in [0.05, 0.1) is 23.9 Å². The maximum absolute atomic E-state index is 14.4. The van der Waals surface area contributed by atoms with Gasteiger partial charge in [0.2, 0.25) is 11.8 Å². The molecule has 39 heavy (non-hydrogen) atoms. The van der Waals surface area contributed by atoms with Gasteiger partial charge in [0.25, 0.3) is 11.8 Å². The highest BCUT2D eigenvalue weighted by molar-refractivity contribution is 6.33. The number of carbonyl (C=O) groups excluding carboxylic acids is 4. The largest absolute Gasteiger partial charge is 0.398 e. The minimum Gasteiger partial charge on any atom is -0.398 e. The normalized spacial score (nSPS) is 22.9. The van der Waals surface area contributed by atoms with Crippen LogP contribution in [-0.4, -0.2) is 71.9 Å². The van der Waals surface area contributed by atoms with Crippen molar-refractivity contribution in [2.24, 2.45) is 0 Å². The molecule has 0 aromatic heterocycles. The number of likely N-dealkylation sites (tertiary alicyclic amines) is 1. The van der Waals surface area contributed by atoms with Gasteiger partial charge in [-0.05, 0) is 30.7 Å². The number of rotatable bonds is 8. The lowest BCUT2D eigenvalue weighted by Crippen LogP contribution is -2.55. The second kappa shape index (κ2) is 11.6. The standard InChI is InChI=1S/C26H27ClF2N4O6/c1-14(31-22(35)16-7-8-18(30)17(27)9-16)24(37)33-13-26(28,29)10-19(33)23(36)32-21-20(34)12-39-25(21)38-11-15-5-3-2-4-6-15/h2-9,14,19,21,25H,10-13,30H2,1H3,(H,31,35)(H,32,36). The second-order valence-corrected chi connectivity index (χ2v) is 9.81. The van der Waals surface area contributed by atoms with Crippen molar-refractivity contribution in [1.29, 1.82) is 0 Å². The van der Waals surface area contributed by atoms with E-state index in [0.29, 0.717) is 4.90 Å². The second-order valence-electron chi connectivity index (χ2n) is 9.40. The smallest absolute Gasteiger partial charge is 0.267 e. The summed E-state index contributed by atoms with van der Waals surface area (Å²) in [5.41, 5.74) is 6.80. The molecule has 0 spiro atoms. The number of nitrogens with zero attached hydrogens (tertiary/aromatic N) is 1. The van der Waals surface area contributed by atoms with Crippen LogP contribution in [0.25, 0.3) is 0 Å². The van der Waals surface area contributed by atoms with Crippen LogP contribution in [0.5, 0.6) is 0 Å².